The lowest BCUT2D eigenvalue weighted by atomic mass is 9.93. The van der Waals surface area contributed by atoms with Gasteiger partial charge in [-0.3, -0.25) is 0 Å². The Morgan fingerprint density at radius 2 is 2.27 bits per heavy atom. The highest BCUT2D eigenvalue weighted by atomic mass is 32.2. The lowest BCUT2D eigenvalue weighted by Crippen LogP contribution is -2.09. The van der Waals surface area contributed by atoms with Crippen LogP contribution < -0.4 is 0 Å². The van der Waals surface area contributed by atoms with E-state index in [4.69, 9.17) is 0 Å². The molecule has 1 aliphatic heterocycles. The summed E-state index contributed by atoms with van der Waals surface area (Å²) in [7, 11) is 0. The third-order valence-electron chi connectivity index (χ3n) is 2.99. The van der Waals surface area contributed by atoms with E-state index in [0.29, 0.717) is 0 Å². The molecule has 0 saturated carbocycles. The van der Waals surface area contributed by atoms with Gasteiger partial charge in [0.1, 0.15) is 0 Å². The van der Waals surface area contributed by atoms with Crippen molar-refractivity contribution in [3.05, 3.63) is 10.5 Å². The normalized spacial score (nSPS) is 36.5. The van der Waals surface area contributed by atoms with Crippen LogP contribution in [0.1, 0.15) is 39.5 Å². The van der Waals surface area contributed by atoms with Crippen LogP contribution in [0, 0.1) is 5.92 Å². The van der Waals surface area contributed by atoms with E-state index in [2.05, 4.69) is 25.6 Å². The third-order valence-corrected chi connectivity index (χ3v) is 4.44. The van der Waals surface area contributed by atoms with Crippen LogP contribution in [0.3, 0.4) is 0 Å². The Morgan fingerprint density at radius 1 is 1.45 bits per heavy atom. The molecule has 0 saturated heterocycles. The molecule has 0 aromatic heterocycles. The summed E-state index contributed by atoms with van der Waals surface area (Å²) in [6, 6.07) is 0. The largest absolute Gasteiger partial charge is 0.127 e. The predicted molar refractivity (Wildman–Crippen MR) is 51.7 cm³/mol. The molecule has 62 valence electrons. The van der Waals surface area contributed by atoms with Crippen LogP contribution in [0.4, 0.5) is 0 Å². The Balaban J connectivity index is 2.18. The van der Waals surface area contributed by atoms with Crippen molar-refractivity contribution >= 4 is 11.8 Å². The van der Waals surface area contributed by atoms with Gasteiger partial charge < -0.3 is 0 Å². The van der Waals surface area contributed by atoms with Crippen LogP contribution in [0.5, 0.6) is 0 Å². The van der Waals surface area contributed by atoms with E-state index in [0.717, 1.165) is 11.2 Å². The van der Waals surface area contributed by atoms with Crippen LogP contribution in [-0.4, -0.2) is 5.25 Å². The van der Waals surface area contributed by atoms with Gasteiger partial charge in [0.05, 0.1) is 0 Å². The predicted octanol–water partition coefficient (Wildman–Crippen LogP) is 3.59. The minimum absolute atomic E-state index is 0.880. The molecule has 0 aromatic rings. The first kappa shape index (κ1) is 7.72. The number of thioether (sulfide) groups is 1. The second kappa shape index (κ2) is 2.85. The van der Waals surface area contributed by atoms with Crippen molar-refractivity contribution in [1.29, 1.82) is 0 Å². The molecular formula is C10H16S. The summed E-state index contributed by atoms with van der Waals surface area (Å²) in [6.45, 7) is 4.72. The monoisotopic (exact) mass is 168 g/mol. The Bertz CT molecular complexity index is 193. The van der Waals surface area contributed by atoms with E-state index in [-0.39, 0.29) is 0 Å². The molecule has 11 heavy (non-hydrogen) atoms. The summed E-state index contributed by atoms with van der Waals surface area (Å²) in [5.74, 6) is 0.928. The zero-order valence-corrected chi connectivity index (χ0v) is 8.21. The minimum atomic E-state index is 0.880. The quantitative estimate of drug-likeness (QED) is 0.576. The molecule has 1 aliphatic carbocycles. The third kappa shape index (κ3) is 1.14. The van der Waals surface area contributed by atoms with Gasteiger partial charge in [0, 0.05) is 5.25 Å². The Hall–Kier alpha value is 0.0900. The molecule has 0 nitrogen and oxygen atoms in total. The van der Waals surface area contributed by atoms with Crippen LogP contribution in [-0.2, 0) is 0 Å². The standard InChI is InChI=1S/C10H16S/c1-3-8-7(2)11-10-6-4-5-9(8)10/h7-8H,3-6H2,1-2H3. The molecule has 0 radical (unpaired) electrons. The van der Waals surface area contributed by atoms with Crippen LogP contribution in [0.15, 0.2) is 10.5 Å². The molecule has 0 fully saturated rings. The van der Waals surface area contributed by atoms with Gasteiger partial charge in [0.2, 0.25) is 0 Å². The lowest BCUT2D eigenvalue weighted by Gasteiger charge is -2.15. The van der Waals surface area contributed by atoms with Crippen molar-refractivity contribution < 1.29 is 0 Å². The zero-order chi connectivity index (χ0) is 7.84. The first-order valence-corrected chi connectivity index (χ1v) is 5.59. The Labute approximate surface area is 73.4 Å². The fraction of sp³-hybridized carbons (Fsp3) is 0.800. The van der Waals surface area contributed by atoms with Crippen LogP contribution in [0.25, 0.3) is 0 Å². The second-order valence-electron chi connectivity index (χ2n) is 3.64. The average Bonchev–Trinajstić information content (AvgIpc) is 2.46. The molecular weight excluding hydrogens is 152 g/mol. The number of hydrogen-bond acceptors (Lipinski definition) is 1. The minimum Gasteiger partial charge on any atom is -0.127 e. The Kier molecular flexibility index (Phi) is 2.00. The maximum absolute atomic E-state index is 2.39. The summed E-state index contributed by atoms with van der Waals surface area (Å²) in [4.78, 5) is 1.75. The van der Waals surface area contributed by atoms with Gasteiger partial charge in [-0.15, -0.1) is 11.8 Å². The van der Waals surface area contributed by atoms with E-state index in [9.17, 15) is 0 Å². The van der Waals surface area contributed by atoms with Crippen molar-refractivity contribution in [2.24, 2.45) is 5.92 Å². The molecule has 2 unspecified atom stereocenters. The summed E-state index contributed by atoms with van der Waals surface area (Å²) in [5.41, 5.74) is 1.82. The maximum atomic E-state index is 2.39. The van der Waals surface area contributed by atoms with Crippen molar-refractivity contribution in [2.75, 3.05) is 0 Å². The number of allylic oxidation sites excluding steroid dienone is 2. The van der Waals surface area contributed by atoms with Gasteiger partial charge in [-0.1, -0.05) is 19.4 Å². The highest BCUT2D eigenvalue weighted by molar-refractivity contribution is 8.03. The van der Waals surface area contributed by atoms with Gasteiger partial charge >= 0.3 is 0 Å². The molecule has 0 bridgehead atoms. The van der Waals surface area contributed by atoms with E-state index in [1.807, 2.05) is 5.57 Å². The fourth-order valence-corrected chi connectivity index (χ4v) is 4.07. The van der Waals surface area contributed by atoms with Crippen LogP contribution >= 0.6 is 11.8 Å². The first-order valence-electron chi connectivity index (χ1n) is 4.71. The summed E-state index contributed by atoms with van der Waals surface area (Å²) < 4.78 is 0. The summed E-state index contributed by atoms with van der Waals surface area (Å²) in [5, 5.41) is 0.880. The summed E-state index contributed by atoms with van der Waals surface area (Å²) >= 11 is 2.15. The van der Waals surface area contributed by atoms with Gasteiger partial charge in [0.25, 0.3) is 0 Å². The topological polar surface area (TPSA) is 0 Å². The first-order chi connectivity index (χ1) is 5.33. The smallest absolute Gasteiger partial charge is 0.0129 e. The highest BCUT2D eigenvalue weighted by Gasteiger charge is 2.33. The molecule has 0 amide bonds. The van der Waals surface area contributed by atoms with Crippen molar-refractivity contribution in [3.8, 4) is 0 Å². The summed E-state index contributed by atoms with van der Waals surface area (Å²) in [6.07, 6.45) is 5.58. The molecule has 1 heterocycles. The molecule has 2 atom stereocenters. The van der Waals surface area contributed by atoms with E-state index in [1.54, 1.807) is 4.91 Å². The zero-order valence-electron chi connectivity index (χ0n) is 7.39. The Morgan fingerprint density at radius 3 is 3.00 bits per heavy atom. The van der Waals surface area contributed by atoms with Gasteiger partial charge in [0.15, 0.2) is 0 Å². The van der Waals surface area contributed by atoms with Crippen molar-refractivity contribution in [2.45, 2.75) is 44.8 Å². The van der Waals surface area contributed by atoms with E-state index < -0.39 is 0 Å². The van der Waals surface area contributed by atoms with Crippen LogP contribution in [0.2, 0.25) is 0 Å². The molecule has 2 rings (SSSR count). The SMILES string of the molecule is CCC1C2=C(CCC2)SC1C. The van der Waals surface area contributed by atoms with Crippen molar-refractivity contribution in [3.63, 3.8) is 0 Å². The molecule has 0 spiro atoms. The molecule has 0 aromatic carbocycles. The van der Waals surface area contributed by atoms with Crippen molar-refractivity contribution in [1.82, 2.24) is 0 Å². The number of hydrogen-bond donors (Lipinski definition) is 0. The second-order valence-corrected chi connectivity index (χ2v) is 5.11. The van der Waals surface area contributed by atoms with Gasteiger partial charge in [-0.05, 0) is 36.5 Å². The van der Waals surface area contributed by atoms with E-state index in [1.165, 1.54) is 25.7 Å². The van der Waals surface area contributed by atoms with Gasteiger partial charge in [-0.2, -0.15) is 0 Å². The van der Waals surface area contributed by atoms with E-state index >= 15 is 0 Å². The molecule has 1 heteroatoms. The average molecular weight is 168 g/mol. The maximum Gasteiger partial charge on any atom is 0.0129 e. The highest BCUT2D eigenvalue weighted by Crippen LogP contribution is 2.50. The molecule has 0 N–H and O–H groups in total. The molecule has 2 aliphatic rings. The fourth-order valence-electron chi connectivity index (χ4n) is 2.43. The lowest BCUT2D eigenvalue weighted by molar-refractivity contribution is 0.577. The van der Waals surface area contributed by atoms with Gasteiger partial charge in [-0.25, -0.2) is 0 Å². The number of rotatable bonds is 1.